The van der Waals surface area contributed by atoms with Gasteiger partial charge in [0.25, 0.3) is 0 Å². The van der Waals surface area contributed by atoms with Crippen molar-refractivity contribution in [1.82, 2.24) is 0 Å². The first-order valence-electron chi connectivity index (χ1n) is 7.79. The van der Waals surface area contributed by atoms with Crippen LogP contribution >= 0.6 is 0 Å². The van der Waals surface area contributed by atoms with E-state index in [0.717, 1.165) is 12.4 Å². The van der Waals surface area contributed by atoms with Crippen LogP contribution in [-0.2, 0) is 5.41 Å². The van der Waals surface area contributed by atoms with Crippen LogP contribution in [0.15, 0.2) is 18.2 Å². The summed E-state index contributed by atoms with van der Waals surface area (Å²) in [5.41, 5.74) is 3.10. The third kappa shape index (κ3) is 3.52. The van der Waals surface area contributed by atoms with Crippen LogP contribution in [0, 0.1) is 0 Å². The second-order valence-corrected chi connectivity index (χ2v) is 6.77. The van der Waals surface area contributed by atoms with Crippen LogP contribution in [0.2, 0.25) is 0 Å². The van der Waals surface area contributed by atoms with Crippen molar-refractivity contribution >= 4 is 0 Å². The van der Waals surface area contributed by atoms with Gasteiger partial charge in [-0.25, -0.2) is 0 Å². The highest BCUT2D eigenvalue weighted by Gasteiger charge is 2.22. The van der Waals surface area contributed by atoms with Gasteiger partial charge in [0.2, 0.25) is 0 Å². The summed E-state index contributed by atoms with van der Waals surface area (Å²) in [6.07, 6.45) is 6.80. The Balaban J connectivity index is 2.35. The molecule has 19 heavy (non-hydrogen) atoms. The first-order valence-corrected chi connectivity index (χ1v) is 7.79. The van der Waals surface area contributed by atoms with Crippen molar-refractivity contribution in [2.45, 2.75) is 71.1 Å². The van der Waals surface area contributed by atoms with E-state index < -0.39 is 0 Å². The number of rotatable bonds is 3. The highest BCUT2D eigenvalue weighted by molar-refractivity contribution is 5.42. The summed E-state index contributed by atoms with van der Waals surface area (Å²) in [5.74, 6) is 1.82. The average molecular weight is 260 g/mol. The van der Waals surface area contributed by atoms with Gasteiger partial charge >= 0.3 is 0 Å². The van der Waals surface area contributed by atoms with Crippen LogP contribution < -0.4 is 4.74 Å². The molecule has 1 aromatic rings. The quantitative estimate of drug-likeness (QED) is 0.704. The van der Waals surface area contributed by atoms with Crippen molar-refractivity contribution in [3.8, 4) is 5.75 Å². The molecular formula is C18H28O. The zero-order chi connectivity index (χ0) is 13.9. The van der Waals surface area contributed by atoms with E-state index in [2.05, 4.69) is 45.9 Å². The molecule has 0 N–H and O–H groups in total. The van der Waals surface area contributed by atoms with Gasteiger partial charge in [-0.2, -0.15) is 0 Å². The van der Waals surface area contributed by atoms with E-state index in [1.165, 1.54) is 43.2 Å². The fourth-order valence-corrected chi connectivity index (χ4v) is 3.03. The van der Waals surface area contributed by atoms with E-state index in [0.29, 0.717) is 5.92 Å². The molecular weight excluding hydrogens is 232 g/mol. The molecule has 0 unspecified atom stereocenters. The van der Waals surface area contributed by atoms with Gasteiger partial charge in [-0.05, 0) is 48.3 Å². The van der Waals surface area contributed by atoms with Crippen LogP contribution in [0.25, 0.3) is 0 Å². The average Bonchev–Trinajstić information content (AvgIpc) is 2.39. The molecule has 1 saturated carbocycles. The third-order valence-electron chi connectivity index (χ3n) is 4.22. The number of hydrogen-bond acceptors (Lipinski definition) is 1. The van der Waals surface area contributed by atoms with E-state index in [1.807, 2.05) is 0 Å². The Morgan fingerprint density at radius 1 is 1.11 bits per heavy atom. The van der Waals surface area contributed by atoms with Crippen LogP contribution in [-0.4, -0.2) is 6.61 Å². The standard InChI is InChI=1S/C18H28O/c1-5-19-17-12-11-15(18(2,3)4)13-16(17)14-9-7-6-8-10-14/h11-14H,5-10H2,1-4H3. The van der Waals surface area contributed by atoms with Crippen molar-refractivity contribution in [2.75, 3.05) is 6.61 Å². The lowest BCUT2D eigenvalue weighted by Crippen LogP contribution is -2.14. The second kappa shape index (κ2) is 5.98. The van der Waals surface area contributed by atoms with Crippen LogP contribution in [0.4, 0.5) is 0 Å². The van der Waals surface area contributed by atoms with Crippen molar-refractivity contribution in [3.05, 3.63) is 29.3 Å². The summed E-state index contributed by atoms with van der Waals surface area (Å²) in [6.45, 7) is 9.69. The van der Waals surface area contributed by atoms with Gasteiger partial charge < -0.3 is 4.74 Å². The smallest absolute Gasteiger partial charge is 0.122 e. The Morgan fingerprint density at radius 2 is 1.79 bits per heavy atom. The minimum Gasteiger partial charge on any atom is -0.494 e. The Kier molecular flexibility index (Phi) is 4.54. The van der Waals surface area contributed by atoms with E-state index in [-0.39, 0.29) is 5.41 Å². The first kappa shape index (κ1) is 14.4. The molecule has 0 radical (unpaired) electrons. The molecule has 1 fully saturated rings. The normalized spacial score (nSPS) is 17.5. The summed E-state index contributed by atoms with van der Waals surface area (Å²) < 4.78 is 5.86. The molecule has 1 heteroatoms. The lowest BCUT2D eigenvalue weighted by atomic mass is 9.80. The SMILES string of the molecule is CCOc1ccc(C(C)(C)C)cc1C1CCCCC1. The van der Waals surface area contributed by atoms with Crippen LogP contribution in [0.5, 0.6) is 5.75 Å². The summed E-state index contributed by atoms with van der Waals surface area (Å²) in [4.78, 5) is 0. The molecule has 0 amide bonds. The second-order valence-electron chi connectivity index (χ2n) is 6.77. The van der Waals surface area contributed by atoms with E-state index >= 15 is 0 Å². The van der Waals surface area contributed by atoms with Gasteiger partial charge in [-0.15, -0.1) is 0 Å². The molecule has 0 aromatic heterocycles. The van der Waals surface area contributed by atoms with Crippen molar-refractivity contribution in [3.63, 3.8) is 0 Å². The molecule has 0 heterocycles. The molecule has 1 aliphatic carbocycles. The van der Waals surface area contributed by atoms with Gasteiger partial charge in [-0.3, -0.25) is 0 Å². The zero-order valence-corrected chi connectivity index (χ0v) is 13.0. The minimum atomic E-state index is 0.216. The first-order chi connectivity index (χ1) is 9.02. The molecule has 1 aliphatic rings. The van der Waals surface area contributed by atoms with Gasteiger partial charge in [0, 0.05) is 0 Å². The Morgan fingerprint density at radius 3 is 2.37 bits per heavy atom. The molecule has 0 saturated heterocycles. The Bertz CT molecular complexity index is 408. The van der Waals surface area contributed by atoms with Crippen molar-refractivity contribution < 1.29 is 4.74 Å². The topological polar surface area (TPSA) is 9.23 Å². The van der Waals surface area contributed by atoms with E-state index in [4.69, 9.17) is 4.74 Å². The van der Waals surface area contributed by atoms with Crippen molar-refractivity contribution in [2.24, 2.45) is 0 Å². The minimum absolute atomic E-state index is 0.216. The molecule has 0 aliphatic heterocycles. The molecule has 0 bridgehead atoms. The monoisotopic (exact) mass is 260 g/mol. The summed E-state index contributed by atoms with van der Waals surface area (Å²) >= 11 is 0. The third-order valence-corrected chi connectivity index (χ3v) is 4.22. The Hall–Kier alpha value is -0.980. The lowest BCUT2D eigenvalue weighted by Gasteiger charge is -2.27. The molecule has 1 nitrogen and oxygen atoms in total. The summed E-state index contributed by atoms with van der Waals surface area (Å²) in [7, 11) is 0. The van der Waals surface area contributed by atoms with E-state index in [9.17, 15) is 0 Å². The fraction of sp³-hybridized carbons (Fsp3) is 0.667. The van der Waals surface area contributed by atoms with Crippen LogP contribution in [0.1, 0.15) is 76.8 Å². The largest absolute Gasteiger partial charge is 0.494 e. The maximum Gasteiger partial charge on any atom is 0.122 e. The zero-order valence-electron chi connectivity index (χ0n) is 13.0. The molecule has 0 spiro atoms. The number of benzene rings is 1. The lowest BCUT2D eigenvalue weighted by molar-refractivity contribution is 0.327. The summed E-state index contributed by atoms with van der Waals surface area (Å²) in [6, 6.07) is 6.83. The predicted molar refractivity (Wildman–Crippen MR) is 82.1 cm³/mol. The Labute approximate surface area is 118 Å². The van der Waals surface area contributed by atoms with Crippen LogP contribution in [0.3, 0.4) is 0 Å². The number of ether oxygens (including phenoxy) is 1. The van der Waals surface area contributed by atoms with Gasteiger partial charge in [-0.1, -0.05) is 52.2 Å². The van der Waals surface area contributed by atoms with Gasteiger partial charge in [0.1, 0.15) is 5.75 Å². The maximum absolute atomic E-state index is 5.86. The fourth-order valence-electron chi connectivity index (χ4n) is 3.03. The predicted octanol–water partition coefficient (Wildman–Crippen LogP) is 5.43. The summed E-state index contributed by atoms with van der Waals surface area (Å²) in [5, 5.41) is 0. The number of hydrogen-bond donors (Lipinski definition) is 0. The molecule has 2 rings (SSSR count). The molecule has 0 atom stereocenters. The van der Waals surface area contributed by atoms with Gasteiger partial charge in [0.05, 0.1) is 6.61 Å². The van der Waals surface area contributed by atoms with Gasteiger partial charge in [0.15, 0.2) is 0 Å². The van der Waals surface area contributed by atoms with E-state index in [1.54, 1.807) is 0 Å². The van der Waals surface area contributed by atoms with Crippen molar-refractivity contribution in [1.29, 1.82) is 0 Å². The molecule has 1 aromatic carbocycles. The highest BCUT2D eigenvalue weighted by atomic mass is 16.5. The maximum atomic E-state index is 5.86. The highest BCUT2D eigenvalue weighted by Crippen LogP contribution is 2.39. The molecule has 106 valence electrons.